The summed E-state index contributed by atoms with van der Waals surface area (Å²) in [6.45, 7) is 2.03. The van der Waals surface area contributed by atoms with E-state index in [-0.39, 0.29) is 5.91 Å². The molecule has 1 fully saturated rings. The molecule has 4 aromatic heterocycles. The molecule has 9 heteroatoms. The van der Waals surface area contributed by atoms with E-state index in [1.807, 2.05) is 48.1 Å². The Bertz CT molecular complexity index is 1530. The van der Waals surface area contributed by atoms with Gasteiger partial charge in [0.15, 0.2) is 11.3 Å². The number of amides is 1. The van der Waals surface area contributed by atoms with Gasteiger partial charge >= 0.3 is 0 Å². The SMILES string of the molecule is Cc1[nH]nc2c1c(C1CCC(CC(=O)NN)CC1)nc1c(-c3ccc(-c4ccccc4)nc3)cnn12. The summed E-state index contributed by atoms with van der Waals surface area (Å²) in [6.07, 6.45) is 8.10. The summed E-state index contributed by atoms with van der Waals surface area (Å²) in [6, 6.07) is 14.2. The van der Waals surface area contributed by atoms with Gasteiger partial charge in [-0.3, -0.25) is 20.3 Å². The molecule has 4 heterocycles. The largest absolute Gasteiger partial charge is 0.294 e. The van der Waals surface area contributed by atoms with Crippen LogP contribution in [-0.4, -0.2) is 35.7 Å². The summed E-state index contributed by atoms with van der Waals surface area (Å²) in [7, 11) is 0. The molecule has 0 bridgehead atoms. The number of hydrogen-bond acceptors (Lipinski definition) is 6. The fourth-order valence-electron chi connectivity index (χ4n) is 5.44. The van der Waals surface area contributed by atoms with Crippen molar-refractivity contribution in [2.45, 2.75) is 44.9 Å². The molecule has 6 rings (SSSR count). The highest BCUT2D eigenvalue weighted by molar-refractivity contribution is 5.87. The topological polar surface area (TPSA) is 127 Å². The Kier molecular flexibility index (Phi) is 5.69. The predicted octanol–water partition coefficient (Wildman–Crippen LogP) is 4.30. The van der Waals surface area contributed by atoms with Gasteiger partial charge in [-0.15, -0.1) is 0 Å². The van der Waals surface area contributed by atoms with Crippen LogP contribution in [0.4, 0.5) is 0 Å². The van der Waals surface area contributed by atoms with Gasteiger partial charge in [0.2, 0.25) is 5.91 Å². The van der Waals surface area contributed by atoms with E-state index in [2.05, 4.69) is 38.9 Å². The molecule has 0 aliphatic heterocycles. The van der Waals surface area contributed by atoms with Gasteiger partial charge in [0.1, 0.15) is 0 Å². The molecule has 1 aromatic carbocycles. The Balaban J connectivity index is 1.37. The molecule has 1 saturated carbocycles. The Morgan fingerprint density at radius 1 is 1.06 bits per heavy atom. The van der Waals surface area contributed by atoms with E-state index in [1.54, 1.807) is 0 Å². The second-order valence-corrected chi connectivity index (χ2v) is 9.63. The molecule has 1 aliphatic rings. The summed E-state index contributed by atoms with van der Waals surface area (Å²) in [4.78, 5) is 21.6. The fraction of sp³-hybridized carbons (Fsp3) is 0.296. The Morgan fingerprint density at radius 2 is 1.86 bits per heavy atom. The molecule has 182 valence electrons. The lowest BCUT2D eigenvalue weighted by atomic mass is 9.78. The van der Waals surface area contributed by atoms with Crippen molar-refractivity contribution in [2.75, 3.05) is 0 Å². The van der Waals surface area contributed by atoms with Gasteiger partial charge in [-0.05, 0) is 44.6 Å². The van der Waals surface area contributed by atoms with Crippen LogP contribution in [0.25, 0.3) is 39.1 Å². The summed E-state index contributed by atoms with van der Waals surface area (Å²) in [5.41, 5.74) is 9.77. The highest BCUT2D eigenvalue weighted by atomic mass is 16.2. The van der Waals surface area contributed by atoms with Crippen LogP contribution in [0.15, 0.2) is 54.9 Å². The molecule has 1 aliphatic carbocycles. The number of carbonyl (C=O) groups is 1. The zero-order chi connectivity index (χ0) is 24.6. The molecular weight excluding hydrogens is 452 g/mol. The van der Waals surface area contributed by atoms with Crippen LogP contribution < -0.4 is 11.3 Å². The number of fused-ring (bicyclic) bond motifs is 3. The van der Waals surface area contributed by atoms with Gasteiger partial charge in [-0.1, -0.05) is 36.4 Å². The van der Waals surface area contributed by atoms with Crippen LogP contribution in [0.5, 0.6) is 0 Å². The second-order valence-electron chi connectivity index (χ2n) is 9.63. The monoisotopic (exact) mass is 480 g/mol. The van der Waals surface area contributed by atoms with E-state index in [4.69, 9.17) is 15.8 Å². The smallest absolute Gasteiger partial charge is 0.234 e. The lowest BCUT2D eigenvalue weighted by Gasteiger charge is -2.28. The van der Waals surface area contributed by atoms with Gasteiger partial charge in [0.05, 0.1) is 23.0 Å². The van der Waals surface area contributed by atoms with E-state index in [9.17, 15) is 4.79 Å². The van der Waals surface area contributed by atoms with Crippen LogP contribution in [0.1, 0.15) is 49.4 Å². The zero-order valence-corrected chi connectivity index (χ0v) is 20.1. The van der Waals surface area contributed by atoms with Gasteiger partial charge in [-0.2, -0.15) is 14.7 Å². The van der Waals surface area contributed by atoms with Crippen LogP contribution >= 0.6 is 0 Å². The normalized spacial score (nSPS) is 18.1. The summed E-state index contributed by atoms with van der Waals surface area (Å²) in [5.74, 6) is 5.84. The number of hydrazine groups is 1. The van der Waals surface area contributed by atoms with Crippen molar-refractivity contribution < 1.29 is 4.79 Å². The minimum Gasteiger partial charge on any atom is -0.294 e. The molecule has 4 N–H and O–H groups in total. The second kappa shape index (κ2) is 9.16. The van der Waals surface area contributed by atoms with Crippen molar-refractivity contribution >= 4 is 22.6 Å². The number of nitrogens with two attached hydrogens (primary N) is 1. The first kappa shape index (κ1) is 22.4. The number of nitrogens with zero attached hydrogens (tertiary/aromatic N) is 5. The lowest BCUT2D eigenvalue weighted by molar-refractivity contribution is -0.122. The Morgan fingerprint density at radius 3 is 2.58 bits per heavy atom. The zero-order valence-electron chi connectivity index (χ0n) is 20.1. The maximum atomic E-state index is 11.7. The van der Waals surface area contributed by atoms with Gasteiger partial charge in [0, 0.05) is 40.9 Å². The number of nitrogens with one attached hydrogen (secondary N) is 2. The third kappa shape index (κ3) is 3.91. The number of pyridine rings is 1. The van der Waals surface area contributed by atoms with Crippen molar-refractivity contribution in [1.82, 2.24) is 35.2 Å². The van der Waals surface area contributed by atoms with Crippen molar-refractivity contribution in [3.8, 4) is 22.4 Å². The van der Waals surface area contributed by atoms with E-state index in [0.29, 0.717) is 18.3 Å². The van der Waals surface area contributed by atoms with Crippen molar-refractivity contribution in [2.24, 2.45) is 11.8 Å². The number of carbonyl (C=O) groups excluding carboxylic acids is 1. The van der Waals surface area contributed by atoms with Crippen LogP contribution in [-0.2, 0) is 4.79 Å². The molecule has 5 aromatic rings. The molecule has 0 spiro atoms. The molecule has 1 amide bonds. The third-order valence-electron chi connectivity index (χ3n) is 7.37. The summed E-state index contributed by atoms with van der Waals surface area (Å²) < 4.78 is 1.82. The maximum Gasteiger partial charge on any atom is 0.234 e. The van der Waals surface area contributed by atoms with E-state index in [1.165, 1.54) is 0 Å². The maximum absolute atomic E-state index is 11.7. The first-order valence-electron chi connectivity index (χ1n) is 12.4. The minimum absolute atomic E-state index is 0.0955. The molecular formula is C27H28N8O. The van der Waals surface area contributed by atoms with Crippen molar-refractivity contribution in [3.63, 3.8) is 0 Å². The number of aromatic amines is 1. The summed E-state index contributed by atoms with van der Waals surface area (Å²) in [5, 5.41) is 13.4. The predicted molar refractivity (Wildman–Crippen MR) is 138 cm³/mol. The highest BCUT2D eigenvalue weighted by Crippen LogP contribution is 2.40. The first-order chi connectivity index (χ1) is 17.6. The minimum atomic E-state index is -0.0955. The quantitative estimate of drug-likeness (QED) is 0.196. The Labute approximate surface area is 208 Å². The number of rotatable bonds is 5. The van der Waals surface area contributed by atoms with Crippen LogP contribution in [0.2, 0.25) is 0 Å². The molecule has 9 nitrogen and oxygen atoms in total. The fourth-order valence-corrected chi connectivity index (χ4v) is 5.44. The number of H-pyrrole nitrogens is 1. The van der Waals surface area contributed by atoms with Gasteiger partial charge < -0.3 is 0 Å². The van der Waals surface area contributed by atoms with Crippen LogP contribution in [0, 0.1) is 12.8 Å². The lowest BCUT2D eigenvalue weighted by Crippen LogP contribution is -2.32. The number of aromatic nitrogens is 6. The van der Waals surface area contributed by atoms with Crippen molar-refractivity contribution in [3.05, 3.63) is 66.2 Å². The van der Waals surface area contributed by atoms with Gasteiger partial charge in [0.25, 0.3) is 0 Å². The Hall–Kier alpha value is -4.11. The van der Waals surface area contributed by atoms with E-state index >= 15 is 0 Å². The number of benzene rings is 1. The van der Waals surface area contributed by atoms with E-state index in [0.717, 1.165) is 76.1 Å². The molecule has 0 radical (unpaired) electrons. The first-order valence-corrected chi connectivity index (χ1v) is 12.4. The molecule has 0 atom stereocenters. The molecule has 0 unspecified atom stereocenters. The van der Waals surface area contributed by atoms with E-state index < -0.39 is 0 Å². The highest BCUT2D eigenvalue weighted by Gasteiger charge is 2.28. The molecule has 36 heavy (non-hydrogen) atoms. The average molecular weight is 481 g/mol. The van der Waals surface area contributed by atoms with Crippen molar-refractivity contribution in [1.29, 1.82) is 0 Å². The summed E-state index contributed by atoms with van der Waals surface area (Å²) >= 11 is 0. The third-order valence-corrected chi connectivity index (χ3v) is 7.37. The number of aryl methyl sites for hydroxylation is 1. The average Bonchev–Trinajstić information content (AvgIpc) is 3.53. The standard InChI is InChI=1S/C27H28N8O/c1-16-24-25(19-9-7-17(8-10-19)13-23(36)32-28)31-26-21(15-30-35(26)27(24)34-33-16)20-11-12-22(29-14-20)18-5-3-2-4-6-18/h2-6,11-12,14-15,17,19H,7-10,13,28H2,1H3,(H,32,36)(H,33,34). The van der Waals surface area contributed by atoms with Crippen LogP contribution in [0.3, 0.4) is 0 Å². The number of hydrogen-bond donors (Lipinski definition) is 3. The van der Waals surface area contributed by atoms with Gasteiger partial charge in [-0.25, -0.2) is 10.8 Å². The molecule has 0 saturated heterocycles.